The summed E-state index contributed by atoms with van der Waals surface area (Å²) in [4.78, 5) is 10.6. The van der Waals surface area contributed by atoms with Gasteiger partial charge in [-0.3, -0.25) is 0 Å². The van der Waals surface area contributed by atoms with Crippen molar-refractivity contribution in [2.45, 2.75) is 20.5 Å². The zero-order valence-electron chi connectivity index (χ0n) is 11.2. The average molecular weight is 274 g/mol. The lowest BCUT2D eigenvalue weighted by molar-refractivity contribution is -0.131. The van der Waals surface area contributed by atoms with Crippen LogP contribution in [0.3, 0.4) is 0 Å². The zero-order valence-corrected chi connectivity index (χ0v) is 11.2. The Morgan fingerprint density at radius 1 is 1.40 bits per heavy atom. The summed E-state index contributed by atoms with van der Waals surface area (Å²) in [5.41, 5.74) is 2.88. The topological polar surface area (TPSA) is 85.5 Å². The molecule has 2 rings (SSSR count). The first kappa shape index (κ1) is 13.8. The van der Waals surface area contributed by atoms with Crippen LogP contribution in [-0.4, -0.2) is 21.4 Å². The van der Waals surface area contributed by atoms with Crippen molar-refractivity contribution in [1.82, 2.24) is 10.3 Å². The smallest absolute Gasteiger partial charge is 0.328 e. The fourth-order valence-electron chi connectivity index (χ4n) is 1.69. The highest BCUT2D eigenvalue weighted by molar-refractivity contribution is 5.86. The molecule has 0 saturated heterocycles. The molecule has 0 unspecified atom stereocenters. The number of nitrogens with zero attached hydrogens (tertiary/aromatic N) is 2. The highest BCUT2D eigenvalue weighted by atomic mass is 16.6. The van der Waals surface area contributed by atoms with E-state index in [1.807, 2.05) is 19.1 Å². The van der Waals surface area contributed by atoms with Crippen LogP contribution in [0.4, 0.5) is 0 Å². The monoisotopic (exact) mass is 274 g/mol. The number of carboxylic acids is 1. The molecule has 20 heavy (non-hydrogen) atoms. The number of hydrogen-bond donors (Lipinski definition) is 1. The van der Waals surface area contributed by atoms with E-state index in [9.17, 15) is 4.79 Å². The van der Waals surface area contributed by atoms with E-state index in [-0.39, 0.29) is 6.61 Å². The Balaban J connectivity index is 2.22. The summed E-state index contributed by atoms with van der Waals surface area (Å²) >= 11 is 0. The third-order valence-electron chi connectivity index (χ3n) is 2.75. The van der Waals surface area contributed by atoms with Gasteiger partial charge < -0.3 is 9.84 Å². The van der Waals surface area contributed by atoms with Crippen molar-refractivity contribution in [1.29, 1.82) is 0 Å². The number of para-hydroxylation sites is 1. The maximum absolute atomic E-state index is 10.6. The SMILES string of the molecule is Cc1cccc(/C=C/C(=O)O)c1OCc1nonc1C. The van der Waals surface area contributed by atoms with Gasteiger partial charge in [-0.05, 0) is 25.5 Å². The van der Waals surface area contributed by atoms with Gasteiger partial charge in [0.05, 0.1) is 0 Å². The standard InChI is InChI=1S/C14H14N2O4/c1-9-4-3-5-11(6-7-13(17)18)14(9)19-8-12-10(2)15-20-16-12/h3-7H,8H2,1-2H3,(H,17,18)/b7-6+. The number of aliphatic carboxylic acids is 1. The Labute approximate surface area is 115 Å². The molecule has 0 aliphatic carbocycles. The molecular weight excluding hydrogens is 260 g/mol. The summed E-state index contributed by atoms with van der Waals surface area (Å²) in [5, 5.41) is 16.1. The van der Waals surface area contributed by atoms with Crippen molar-refractivity contribution < 1.29 is 19.3 Å². The number of carboxylic acid groups (broad SMARTS) is 1. The quantitative estimate of drug-likeness (QED) is 0.842. The van der Waals surface area contributed by atoms with Crippen molar-refractivity contribution in [2.75, 3.05) is 0 Å². The molecule has 6 nitrogen and oxygen atoms in total. The van der Waals surface area contributed by atoms with E-state index in [2.05, 4.69) is 14.9 Å². The lowest BCUT2D eigenvalue weighted by Gasteiger charge is -2.11. The number of ether oxygens (including phenoxy) is 1. The van der Waals surface area contributed by atoms with E-state index < -0.39 is 5.97 Å². The molecule has 0 radical (unpaired) electrons. The summed E-state index contributed by atoms with van der Waals surface area (Å²) in [6.07, 6.45) is 2.57. The summed E-state index contributed by atoms with van der Waals surface area (Å²) in [6, 6.07) is 5.52. The first-order valence-electron chi connectivity index (χ1n) is 5.99. The van der Waals surface area contributed by atoms with Gasteiger partial charge in [0.2, 0.25) is 0 Å². The third-order valence-corrected chi connectivity index (χ3v) is 2.75. The highest BCUT2D eigenvalue weighted by Gasteiger charge is 2.09. The molecular formula is C14H14N2O4. The lowest BCUT2D eigenvalue weighted by Crippen LogP contribution is -2.01. The third kappa shape index (κ3) is 3.23. The summed E-state index contributed by atoms with van der Waals surface area (Å²) in [5.74, 6) is -0.388. The van der Waals surface area contributed by atoms with Gasteiger partial charge in [-0.1, -0.05) is 28.5 Å². The summed E-state index contributed by atoms with van der Waals surface area (Å²) < 4.78 is 10.3. The van der Waals surface area contributed by atoms with Gasteiger partial charge in [-0.2, -0.15) is 0 Å². The predicted molar refractivity (Wildman–Crippen MR) is 71.2 cm³/mol. The number of carbonyl (C=O) groups is 1. The number of benzene rings is 1. The second kappa shape index (κ2) is 6.01. The van der Waals surface area contributed by atoms with E-state index in [0.717, 1.165) is 11.6 Å². The molecule has 2 aromatic rings. The Kier molecular flexibility index (Phi) is 4.14. The van der Waals surface area contributed by atoms with Gasteiger partial charge in [0.25, 0.3) is 0 Å². The minimum atomic E-state index is -1.01. The van der Waals surface area contributed by atoms with Crippen LogP contribution in [0.1, 0.15) is 22.5 Å². The van der Waals surface area contributed by atoms with E-state index in [4.69, 9.17) is 9.84 Å². The van der Waals surface area contributed by atoms with Crippen LogP contribution in [0.25, 0.3) is 6.08 Å². The second-order valence-corrected chi connectivity index (χ2v) is 4.25. The Morgan fingerprint density at radius 2 is 2.20 bits per heavy atom. The minimum Gasteiger partial charge on any atom is -0.486 e. The average Bonchev–Trinajstić information content (AvgIpc) is 2.81. The molecule has 0 saturated carbocycles. The summed E-state index contributed by atoms with van der Waals surface area (Å²) in [6.45, 7) is 3.88. The van der Waals surface area contributed by atoms with Crippen LogP contribution in [0.5, 0.6) is 5.75 Å². The van der Waals surface area contributed by atoms with Crippen molar-refractivity contribution in [3.63, 3.8) is 0 Å². The van der Waals surface area contributed by atoms with Gasteiger partial charge in [0.15, 0.2) is 0 Å². The van der Waals surface area contributed by atoms with E-state index >= 15 is 0 Å². The van der Waals surface area contributed by atoms with Crippen LogP contribution in [-0.2, 0) is 11.4 Å². The molecule has 1 N–H and O–H groups in total. The number of aryl methyl sites for hydroxylation is 2. The van der Waals surface area contributed by atoms with Crippen molar-refractivity contribution in [3.05, 3.63) is 46.8 Å². The molecule has 0 aliphatic heterocycles. The van der Waals surface area contributed by atoms with Crippen molar-refractivity contribution >= 4 is 12.0 Å². The van der Waals surface area contributed by atoms with Crippen molar-refractivity contribution in [2.24, 2.45) is 0 Å². The van der Waals surface area contributed by atoms with Gasteiger partial charge in [-0.25, -0.2) is 9.42 Å². The molecule has 0 spiro atoms. The molecule has 1 heterocycles. The Morgan fingerprint density at radius 3 is 2.85 bits per heavy atom. The maximum atomic E-state index is 10.6. The van der Waals surface area contributed by atoms with Gasteiger partial charge in [0.1, 0.15) is 23.7 Å². The molecule has 0 fully saturated rings. The lowest BCUT2D eigenvalue weighted by atomic mass is 10.1. The summed E-state index contributed by atoms with van der Waals surface area (Å²) in [7, 11) is 0. The maximum Gasteiger partial charge on any atom is 0.328 e. The fraction of sp³-hybridized carbons (Fsp3) is 0.214. The molecule has 0 atom stereocenters. The number of rotatable bonds is 5. The van der Waals surface area contributed by atoms with Crippen LogP contribution in [0, 0.1) is 13.8 Å². The van der Waals surface area contributed by atoms with Gasteiger partial charge >= 0.3 is 5.97 Å². The fourth-order valence-corrected chi connectivity index (χ4v) is 1.69. The molecule has 0 bridgehead atoms. The largest absolute Gasteiger partial charge is 0.486 e. The highest BCUT2D eigenvalue weighted by Crippen LogP contribution is 2.25. The van der Waals surface area contributed by atoms with E-state index in [1.165, 1.54) is 6.08 Å². The second-order valence-electron chi connectivity index (χ2n) is 4.25. The predicted octanol–water partition coefficient (Wildman–Crippen LogP) is 2.36. The molecule has 0 aliphatic rings. The van der Waals surface area contributed by atoms with Crippen LogP contribution < -0.4 is 4.74 Å². The molecule has 1 aromatic heterocycles. The molecule has 6 heteroatoms. The van der Waals surface area contributed by atoms with E-state index in [1.54, 1.807) is 13.0 Å². The number of hydrogen-bond acceptors (Lipinski definition) is 5. The first-order valence-corrected chi connectivity index (χ1v) is 5.99. The molecule has 1 aromatic carbocycles. The molecule has 104 valence electrons. The van der Waals surface area contributed by atoms with Gasteiger partial charge in [0, 0.05) is 11.6 Å². The normalized spacial score (nSPS) is 10.9. The Bertz CT molecular complexity index is 646. The van der Waals surface area contributed by atoms with Crippen LogP contribution in [0.2, 0.25) is 0 Å². The van der Waals surface area contributed by atoms with Crippen molar-refractivity contribution in [3.8, 4) is 5.75 Å². The first-order chi connectivity index (χ1) is 9.58. The van der Waals surface area contributed by atoms with Crippen LogP contribution in [0.15, 0.2) is 28.9 Å². The van der Waals surface area contributed by atoms with Crippen LogP contribution >= 0.6 is 0 Å². The van der Waals surface area contributed by atoms with Gasteiger partial charge in [-0.15, -0.1) is 0 Å². The van der Waals surface area contributed by atoms with E-state index in [0.29, 0.717) is 22.7 Å². The zero-order chi connectivity index (χ0) is 14.5. The molecule has 0 amide bonds. The Hall–Kier alpha value is -2.63. The minimum absolute atomic E-state index is 0.216. The number of aromatic nitrogens is 2.